The van der Waals surface area contributed by atoms with Crippen molar-refractivity contribution < 1.29 is 4.79 Å². The molecule has 0 bridgehead atoms. The van der Waals surface area contributed by atoms with E-state index >= 15 is 0 Å². The van der Waals surface area contributed by atoms with E-state index in [-0.39, 0.29) is 5.91 Å². The second-order valence-corrected chi connectivity index (χ2v) is 7.50. The lowest BCUT2D eigenvalue weighted by Crippen LogP contribution is -2.48. The van der Waals surface area contributed by atoms with Gasteiger partial charge in [-0.15, -0.1) is 0 Å². The van der Waals surface area contributed by atoms with Gasteiger partial charge in [-0.05, 0) is 49.2 Å². The third kappa shape index (κ3) is 4.50. The Hall–Kier alpha value is -1.75. The summed E-state index contributed by atoms with van der Waals surface area (Å²) in [6, 6.07) is 11.5. The van der Waals surface area contributed by atoms with Gasteiger partial charge in [-0.1, -0.05) is 35.3 Å². The summed E-state index contributed by atoms with van der Waals surface area (Å²) >= 11 is 12.2. The van der Waals surface area contributed by atoms with Crippen LogP contribution in [0.1, 0.15) is 11.1 Å². The molecule has 6 heteroatoms. The van der Waals surface area contributed by atoms with Gasteiger partial charge < -0.3 is 10.2 Å². The van der Waals surface area contributed by atoms with Crippen molar-refractivity contribution in [3.63, 3.8) is 0 Å². The molecule has 0 unspecified atom stereocenters. The van der Waals surface area contributed by atoms with Crippen LogP contribution in [0, 0.1) is 13.8 Å². The first-order valence-electron chi connectivity index (χ1n) is 8.72. The largest absolute Gasteiger partial charge is 0.369 e. The molecule has 0 atom stereocenters. The molecule has 1 fully saturated rings. The first kappa shape index (κ1) is 19.0. The highest BCUT2D eigenvalue weighted by atomic mass is 35.5. The smallest absolute Gasteiger partial charge is 0.238 e. The monoisotopic (exact) mass is 391 g/mol. The van der Waals surface area contributed by atoms with Gasteiger partial charge in [0, 0.05) is 47.6 Å². The van der Waals surface area contributed by atoms with Gasteiger partial charge in [0.05, 0.1) is 6.54 Å². The van der Waals surface area contributed by atoms with E-state index in [2.05, 4.69) is 21.2 Å². The quantitative estimate of drug-likeness (QED) is 0.839. The summed E-state index contributed by atoms with van der Waals surface area (Å²) in [4.78, 5) is 16.9. The topological polar surface area (TPSA) is 35.6 Å². The third-order valence-electron chi connectivity index (χ3n) is 4.79. The summed E-state index contributed by atoms with van der Waals surface area (Å²) < 4.78 is 0. The highest BCUT2D eigenvalue weighted by Gasteiger charge is 2.21. The van der Waals surface area contributed by atoms with Crippen LogP contribution in [0.3, 0.4) is 0 Å². The summed E-state index contributed by atoms with van der Waals surface area (Å²) in [5.41, 5.74) is 4.06. The Balaban J connectivity index is 1.54. The Kier molecular flexibility index (Phi) is 6.07. The molecule has 0 aromatic heterocycles. The number of nitrogens with zero attached hydrogens (tertiary/aromatic N) is 2. The minimum Gasteiger partial charge on any atom is -0.369 e. The van der Waals surface area contributed by atoms with Crippen LogP contribution in [0.5, 0.6) is 0 Å². The maximum absolute atomic E-state index is 12.4. The zero-order valence-corrected chi connectivity index (χ0v) is 16.6. The highest BCUT2D eigenvalue weighted by Crippen LogP contribution is 2.27. The minimum atomic E-state index is -0.0113. The molecular weight excluding hydrogens is 369 g/mol. The minimum absolute atomic E-state index is 0.0113. The number of hydrogen-bond acceptors (Lipinski definition) is 3. The van der Waals surface area contributed by atoms with Crippen LogP contribution in [0.25, 0.3) is 0 Å². The van der Waals surface area contributed by atoms with Gasteiger partial charge >= 0.3 is 0 Å². The van der Waals surface area contributed by atoms with E-state index < -0.39 is 0 Å². The first-order valence-corrected chi connectivity index (χ1v) is 9.48. The number of carbonyl (C=O) groups is 1. The van der Waals surface area contributed by atoms with Crippen molar-refractivity contribution in [2.24, 2.45) is 0 Å². The lowest BCUT2D eigenvalue weighted by molar-refractivity contribution is -0.117. The number of rotatable bonds is 4. The van der Waals surface area contributed by atoms with E-state index in [1.807, 2.05) is 38.1 Å². The molecule has 1 N–H and O–H groups in total. The molecule has 0 aliphatic carbocycles. The van der Waals surface area contributed by atoms with Crippen LogP contribution in [0.4, 0.5) is 11.4 Å². The maximum atomic E-state index is 12.4. The molecule has 2 aromatic carbocycles. The fraction of sp³-hybridized carbons (Fsp3) is 0.350. The molecular formula is C20H23Cl2N3O. The molecule has 3 rings (SSSR count). The van der Waals surface area contributed by atoms with Crippen LogP contribution < -0.4 is 10.2 Å². The van der Waals surface area contributed by atoms with Gasteiger partial charge in [0.2, 0.25) is 5.91 Å². The second-order valence-electron chi connectivity index (χ2n) is 6.65. The van der Waals surface area contributed by atoms with Gasteiger partial charge in [0.1, 0.15) is 0 Å². The van der Waals surface area contributed by atoms with Gasteiger partial charge in [-0.3, -0.25) is 9.69 Å². The van der Waals surface area contributed by atoms with Gasteiger partial charge in [0.15, 0.2) is 0 Å². The van der Waals surface area contributed by atoms with Crippen LogP contribution >= 0.6 is 23.2 Å². The van der Waals surface area contributed by atoms with Crippen molar-refractivity contribution in [2.45, 2.75) is 13.8 Å². The molecule has 1 aliphatic rings. The van der Waals surface area contributed by atoms with Crippen LogP contribution in [0.15, 0.2) is 36.4 Å². The molecule has 138 valence electrons. The average Bonchev–Trinajstić information content (AvgIpc) is 2.61. The summed E-state index contributed by atoms with van der Waals surface area (Å²) in [6.45, 7) is 7.83. The molecule has 1 saturated heterocycles. The molecule has 1 aliphatic heterocycles. The van der Waals surface area contributed by atoms with Crippen LogP contribution in [0.2, 0.25) is 10.0 Å². The molecule has 1 heterocycles. The fourth-order valence-corrected chi connectivity index (χ4v) is 3.55. The van der Waals surface area contributed by atoms with Gasteiger partial charge in [-0.25, -0.2) is 0 Å². The number of anilines is 2. The van der Waals surface area contributed by atoms with Crippen molar-refractivity contribution in [1.29, 1.82) is 0 Å². The maximum Gasteiger partial charge on any atom is 0.238 e. The summed E-state index contributed by atoms with van der Waals surface area (Å²) in [7, 11) is 0. The Bertz CT molecular complexity index is 802. The Morgan fingerprint density at radius 2 is 1.81 bits per heavy atom. The van der Waals surface area contributed by atoms with Crippen molar-refractivity contribution in [3.8, 4) is 0 Å². The second kappa shape index (κ2) is 8.30. The SMILES string of the molecule is Cc1ccc(Cl)cc1NC(=O)CN1CCN(c2cccc(Cl)c2C)CC1. The number of nitrogens with one attached hydrogen (secondary N) is 1. The van der Waals surface area contributed by atoms with Gasteiger partial charge in [-0.2, -0.15) is 0 Å². The van der Waals surface area contributed by atoms with Crippen molar-refractivity contribution in [1.82, 2.24) is 4.90 Å². The number of benzene rings is 2. The number of piperazine rings is 1. The van der Waals surface area contributed by atoms with Crippen molar-refractivity contribution in [2.75, 3.05) is 42.9 Å². The molecule has 1 amide bonds. The lowest BCUT2D eigenvalue weighted by Gasteiger charge is -2.36. The normalized spacial score (nSPS) is 15.2. The van der Waals surface area contributed by atoms with E-state index in [0.717, 1.165) is 48.0 Å². The highest BCUT2D eigenvalue weighted by molar-refractivity contribution is 6.31. The Morgan fingerprint density at radius 1 is 1.08 bits per heavy atom. The van der Waals surface area contributed by atoms with Crippen molar-refractivity contribution >= 4 is 40.5 Å². The van der Waals surface area contributed by atoms with E-state index in [4.69, 9.17) is 23.2 Å². The molecule has 2 aromatic rings. The first-order chi connectivity index (χ1) is 12.4. The predicted molar refractivity (Wildman–Crippen MR) is 110 cm³/mol. The van der Waals surface area contributed by atoms with Crippen LogP contribution in [-0.2, 0) is 4.79 Å². The molecule has 0 spiro atoms. The number of hydrogen-bond donors (Lipinski definition) is 1. The number of amides is 1. The molecule has 0 radical (unpaired) electrons. The number of carbonyl (C=O) groups excluding carboxylic acids is 1. The van der Waals surface area contributed by atoms with Gasteiger partial charge in [0.25, 0.3) is 0 Å². The van der Waals surface area contributed by atoms with E-state index in [1.54, 1.807) is 6.07 Å². The standard InChI is InChI=1S/C20H23Cl2N3O/c1-14-6-7-16(21)12-18(14)23-20(26)13-24-8-10-25(11-9-24)19-5-3-4-17(22)15(19)2/h3-7,12H,8-11,13H2,1-2H3,(H,23,26). The zero-order chi connectivity index (χ0) is 18.7. The van der Waals surface area contributed by atoms with E-state index in [9.17, 15) is 4.79 Å². The molecule has 0 saturated carbocycles. The summed E-state index contributed by atoms with van der Waals surface area (Å²) in [5.74, 6) is -0.0113. The Labute approximate surface area is 164 Å². The lowest BCUT2D eigenvalue weighted by atomic mass is 10.1. The average molecular weight is 392 g/mol. The number of aryl methyl sites for hydroxylation is 1. The van der Waals surface area contributed by atoms with E-state index in [0.29, 0.717) is 11.6 Å². The predicted octanol–water partition coefficient (Wildman–Crippen LogP) is 4.37. The third-order valence-corrected chi connectivity index (χ3v) is 5.44. The zero-order valence-electron chi connectivity index (χ0n) is 15.1. The van der Waals surface area contributed by atoms with Crippen LogP contribution in [-0.4, -0.2) is 43.5 Å². The molecule has 4 nitrogen and oxygen atoms in total. The number of halogens is 2. The Morgan fingerprint density at radius 3 is 2.54 bits per heavy atom. The van der Waals surface area contributed by atoms with Crippen molar-refractivity contribution in [3.05, 3.63) is 57.6 Å². The summed E-state index contributed by atoms with van der Waals surface area (Å²) in [6.07, 6.45) is 0. The van der Waals surface area contributed by atoms with E-state index in [1.165, 1.54) is 5.69 Å². The summed E-state index contributed by atoms with van der Waals surface area (Å²) in [5, 5.41) is 4.38. The fourth-order valence-electron chi connectivity index (χ4n) is 3.21. The molecule has 26 heavy (non-hydrogen) atoms.